The van der Waals surface area contributed by atoms with Crippen molar-refractivity contribution in [1.82, 2.24) is 4.98 Å². The first kappa shape index (κ1) is 21.6. The molecule has 2 N–H and O–H groups in total. The van der Waals surface area contributed by atoms with Crippen molar-refractivity contribution in [3.8, 4) is 0 Å². The normalized spacial score (nSPS) is 11.5. The lowest BCUT2D eigenvalue weighted by Gasteiger charge is -2.12. The summed E-state index contributed by atoms with van der Waals surface area (Å²) >= 11 is 0. The third-order valence-electron chi connectivity index (χ3n) is 4.43. The molecule has 0 radical (unpaired) electrons. The average Bonchev–Trinajstić information content (AvgIpc) is 2.99. The van der Waals surface area contributed by atoms with Crippen LogP contribution >= 0.6 is 0 Å². The van der Waals surface area contributed by atoms with Crippen molar-refractivity contribution in [3.63, 3.8) is 0 Å². The second-order valence-corrected chi connectivity index (χ2v) is 6.27. The van der Waals surface area contributed by atoms with E-state index in [4.69, 9.17) is 9.47 Å². The topological polar surface area (TPSA) is 141 Å². The molecule has 29 heavy (non-hydrogen) atoms. The highest BCUT2D eigenvalue weighted by Gasteiger charge is 2.28. The van der Waals surface area contributed by atoms with Crippen LogP contribution in [-0.4, -0.2) is 47.9 Å². The Kier molecular flexibility index (Phi) is 6.37. The smallest absolute Gasteiger partial charge is 0.339 e. The minimum absolute atomic E-state index is 0.0648. The largest absolute Gasteiger partial charge is 0.465 e. The van der Waals surface area contributed by atoms with Gasteiger partial charge in [-0.05, 0) is 38.5 Å². The number of ether oxygens (including phenoxy) is 2. The predicted octanol–water partition coefficient (Wildman–Crippen LogP) is 2.80. The molecule has 1 heterocycles. The Labute approximate surface area is 166 Å². The summed E-state index contributed by atoms with van der Waals surface area (Å²) in [5.41, 5.74) is 1.09. The molecule has 0 aliphatic carbocycles. The summed E-state index contributed by atoms with van der Waals surface area (Å²) in [6.45, 7) is 4.58. The van der Waals surface area contributed by atoms with Crippen LogP contribution in [0.25, 0.3) is 0 Å². The number of aromatic nitrogens is 1. The zero-order valence-electron chi connectivity index (χ0n) is 16.6. The van der Waals surface area contributed by atoms with Gasteiger partial charge in [-0.1, -0.05) is 0 Å². The van der Waals surface area contributed by atoms with Crippen molar-refractivity contribution in [3.05, 3.63) is 56.4 Å². The molecule has 2 rings (SSSR count). The van der Waals surface area contributed by atoms with Gasteiger partial charge in [-0.25, -0.2) is 9.59 Å². The molecule has 0 fully saturated rings. The monoisotopic (exact) mass is 403 g/mol. The maximum absolute atomic E-state index is 12.7. The van der Waals surface area contributed by atoms with Gasteiger partial charge in [0.25, 0.3) is 5.69 Å². The molecular formula is C19H21N3O7. The second-order valence-electron chi connectivity index (χ2n) is 6.27. The number of carbonyl (C=O) groups is 3. The van der Waals surface area contributed by atoms with Crippen LogP contribution in [0, 0.1) is 24.0 Å². The number of aryl methyl sites for hydroxylation is 1. The first-order valence-corrected chi connectivity index (χ1v) is 8.61. The van der Waals surface area contributed by atoms with E-state index in [1.165, 1.54) is 33.2 Å². The Morgan fingerprint density at radius 1 is 1.21 bits per heavy atom. The molecule has 1 atom stereocenters. The van der Waals surface area contributed by atoms with Crippen LogP contribution in [0.5, 0.6) is 0 Å². The highest BCUT2D eigenvalue weighted by Crippen LogP contribution is 2.26. The third-order valence-corrected chi connectivity index (χ3v) is 4.43. The third kappa shape index (κ3) is 4.26. The number of hydrogen-bond donors (Lipinski definition) is 2. The Hall–Kier alpha value is -3.69. The van der Waals surface area contributed by atoms with Crippen LogP contribution in [0.4, 0.5) is 11.4 Å². The fourth-order valence-corrected chi connectivity index (χ4v) is 2.91. The molecule has 10 nitrogen and oxygen atoms in total. The number of rotatable bonds is 7. The van der Waals surface area contributed by atoms with Crippen molar-refractivity contribution >= 4 is 29.1 Å². The SMILES string of the molecule is CNc1ccc(C(=O)OC(C)C(=O)c2[nH]c(C)c(C(=O)OC)c2C)cc1[N+](=O)[O-]. The zero-order valence-corrected chi connectivity index (χ0v) is 16.6. The minimum Gasteiger partial charge on any atom is -0.465 e. The molecule has 0 amide bonds. The Balaban J connectivity index is 2.24. The number of hydrogen-bond acceptors (Lipinski definition) is 8. The number of ketones is 1. The van der Waals surface area contributed by atoms with Crippen molar-refractivity contribution in [2.45, 2.75) is 26.9 Å². The van der Waals surface area contributed by atoms with E-state index < -0.39 is 28.7 Å². The number of anilines is 1. The van der Waals surface area contributed by atoms with Crippen molar-refractivity contribution in [2.24, 2.45) is 0 Å². The zero-order chi connectivity index (χ0) is 21.9. The predicted molar refractivity (Wildman–Crippen MR) is 103 cm³/mol. The van der Waals surface area contributed by atoms with Crippen molar-refractivity contribution in [1.29, 1.82) is 0 Å². The molecule has 0 aliphatic rings. The molecule has 1 unspecified atom stereocenters. The highest BCUT2D eigenvalue weighted by molar-refractivity contribution is 6.04. The van der Waals surface area contributed by atoms with Gasteiger partial charge >= 0.3 is 11.9 Å². The number of methoxy groups -OCH3 is 1. The number of Topliss-reactive ketones (excluding diaryl/α,β-unsaturated/α-hetero) is 1. The van der Waals surface area contributed by atoms with Gasteiger partial charge in [0.1, 0.15) is 5.69 Å². The molecule has 0 spiro atoms. The summed E-state index contributed by atoms with van der Waals surface area (Å²) < 4.78 is 9.89. The molecular weight excluding hydrogens is 382 g/mol. The maximum Gasteiger partial charge on any atom is 0.339 e. The average molecular weight is 403 g/mol. The molecule has 1 aromatic heterocycles. The maximum atomic E-state index is 12.7. The van der Waals surface area contributed by atoms with Gasteiger partial charge in [0.15, 0.2) is 6.10 Å². The van der Waals surface area contributed by atoms with Gasteiger partial charge in [-0.2, -0.15) is 0 Å². The molecule has 2 aromatic rings. The lowest BCUT2D eigenvalue weighted by atomic mass is 10.1. The van der Waals surface area contributed by atoms with Crippen LogP contribution in [-0.2, 0) is 9.47 Å². The van der Waals surface area contributed by atoms with Gasteiger partial charge < -0.3 is 19.8 Å². The van der Waals surface area contributed by atoms with Crippen molar-refractivity contribution in [2.75, 3.05) is 19.5 Å². The van der Waals surface area contributed by atoms with Gasteiger partial charge in [-0.3, -0.25) is 14.9 Å². The molecule has 1 aromatic carbocycles. The Morgan fingerprint density at radius 2 is 1.86 bits per heavy atom. The van der Waals surface area contributed by atoms with Crippen LogP contribution in [0.1, 0.15) is 49.4 Å². The lowest BCUT2D eigenvalue weighted by molar-refractivity contribution is -0.384. The van der Waals surface area contributed by atoms with Crippen molar-refractivity contribution < 1.29 is 28.8 Å². The van der Waals surface area contributed by atoms with Crippen LogP contribution in [0.2, 0.25) is 0 Å². The highest BCUT2D eigenvalue weighted by atomic mass is 16.6. The molecule has 0 aliphatic heterocycles. The summed E-state index contributed by atoms with van der Waals surface area (Å²) in [6, 6.07) is 3.81. The van der Waals surface area contributed by atoms with E-state index >= 15 is 0 Å². The number of nitro benzene ring substituents is 1. The first-order valence-electron chi connectivity index (χ1n) is 8.61. The molecule has 0 bridgehead atoms. The Morgan fingerprint density at radius 3 is 2.41 bits per heavy atom. The van der Waals surface area contributed by atoms with E-state index in [0.717, 1.165) is 6.07 Å². The molecule has 154 valence electrons. The summed E-state index contributed by atoms with van der Waals surface area (Å²) in [5, 5.41) is 13.8. The van der Waals surface area contributed by atoms with Gasteiger partial charge in [0.05, 0.1) is 28.9 Å². The number of aromatic amines is 1. The van der Waals surface area contributed by atoms with Gasteiger partial charge in [-0.15, -0.1) is 0 Å². The quantitative estimate of drug-likeness (QED) is 0.311. The minimum atomic E-state index is -1.19. The number of nitro groups is 1. The van der Waals surface area contributed by atoms with E-state index in [1.54, 1.807) is 13.8 Å². The van der Waals surface area contributed by atoms with Crippen LogP contribution in [0.15, 0.2) is 18.2 Å². The number of H-pyrrole nitrogens is 1. The van der Waals surface area contributed by atoms with E-state index in [1.807, 2.05) is 0 Å². The van der Waals surface area contributed by atoms with E-state index in [9.17, 15) is 24.5 Å². The van der Waals surface area contributed by atoms with E-state index in [-0.39, 0.29) is 28.2 Å². The standard InChI is InChI=1S/C19H21N3O7/c1-9-15(19(25)28-5)10(2)21-16(9)17(23)11(3)29-18(24)12-6-7-13(20-4)14(8-12)22(26)27/h6-8,11,20-21H,1-5H3. The van der Waals surface area contributed by atoms with Crippen LogP contribution < -0.4 is 5.32 Å². The summed E-state index contributed by atoms with van der Waals surface area (Å²) in [7, 11) is 2.75. The number of benzene rings is 1. The fourth-order valence-electron chi connectivity index (χ4n) is 2.91. The number of carbonyl (C=O) groups excluding carboxylic acids is 3. The van der Waals surface area contributed by atoms with E-state index in [0.29, 0.717) is 11.3 Å². The lowest BCUT2D eigenvalue weighted by Crippen LogP contribution is -2.25. The van der Waals surface area contributed by atoms with E-state index in [2.05, 4.69) is 10.3 Å². The second kappa shape index (κ2) is 8.55. The molecule has 0 saturated heterocycles. The Bertz CT molecular complexity index is 994. The molecule has 0 saturated carbocycles. The summed E-state index contributed by atoms with van der Waals surface area (Å²) in [6.07, 6.45) is -1.19. The number of nitrogens with zero attached hydrogens (tertiary/aromatic N) is 1. The van der Waals surface area contributed by atoms with Gasteiger partial charge in [0, 0.05) is 18.8 Å². The van der Waals surface area contributed by atoms with Gasteiger partial charge in [0.2, 0.25) is 5.78 Å². The first-order chi connectivity index (χ1) is 13.6. The fraction of sp³-hybridized carbons (Fsp3) is 0.316. The van der Waals surface area contributed by atoms with Crippen LogP contribution in [0.3, 0.4) is 0 Å². The summed E-state index contributed by atoms with van der Waals surface area (Å²) in [5.74, 6) is -2.02. The molecule has 10 heteroatoms. The summed E-state index contributed by atoms with van der Waals surface area (Å²) in [4.78, 5) is 50.3. The number of esters is 2. The number of nitrogens with one attached hydrogen (secondary N) is 2.